The topological polar surface area (TPSA) is 82.7 Å². The molecule has 0 aromatic carbocycles. The van der Waals surface area contributed by atoms with Gasteiger partial charge in [0.1, 0.15) is 11.3 Å². The number of nitrogens with zero attached hydrogens (tertiary/aromatic N) is 2. The third-order valence-electron chi connectivity index (χ3n) is 4.48. The summed E-state index contributed by atoms with van der Waals surface area (Å²) in [6.45, 7) is 1.89. The molecule has 0 aliphatic carbocycles. The summed E-state index contributed by atoms with van der Waals surface area (Å²) in [6, 6.07) is 7.79. The standard InChI is InChI=1S/C19H19N5O/c1-20-19(25)16-3-2-13(11-23-16)14-6-9-22-18-15(14)10-17(24-18)12-4-7-21-8-5-12/h2-4,6,9-11,21H,5,7-8H2,1H3,(H,20,25)(H,22,24). The molecule has 126 valence electrons. The molecule has 1 aliphatic rings. The van der Waals surface area contributed by atoms with E-state index < -0.39 is 0 Å². The Morgan fingerprint density at radius 1 is 1.24 bits per heavy atom. The number of carbonyl (C=O) groups excluding carboxylic acids is 1. The van der Waals surface area contributed by atoms with Crippen molar-refractivity contribution in [3.63, 3.8) is 0 Å². The molecule has 0 saturated carbocycles. The summed E-state index contributed by atoms with van der Waals surface area (Å²) in [5.74, 6) is -0.187. The highest BCUT2D eigenvalue weighted by Gasteiger charge is 2.13. The molecule has 3 N–H and O–H groups in total. The van der Waals surface area contributed by atoms with E-state index in [9.17, 15) is 4.79 Å². The number of pyridine rings is 2. The highest BCUT2D eigenvalue weighted by molar-refractivity contribution is 5.96. The maximum atomic E-state index is 11.7. The Morgan fingerprint density at radius 3 is 2.88 bits per heavy atom. The normalized spacial score (nSPS) is 14.4. The smallest absolute Gasteiger partial charge is 0.269 e. The van der Waals surface area contributed by atoms with Crippen LogP contribution in [0.25, 0.3) is 27.7 Å². The number of amides is 1. The molecule has 0 radical (unpaired) electrons. The number of hydrogen-bond acceptors (Lipinski definition) is 4. The van der Waals surface area contributed by atoms with Crippen LogP contribution in [0.2, 0.25) is 0 Å². The first-order valence-electron chi connectivity index (χ1n) is 8.32. The molecule has 0 bridgehead atoms. The molecule has 6 nitrogen and oxygen atoms in total. The number of aromatic nitrogens is 3. The number of aromatic amines is 1. The molecule has 4 heterocycles. The van der Waals surface area contributed by atoms with E-state index in [0.29, 0.717) is 5.69 Å². The monoisotopic (exact) mass is 333 g/mol. The summed E-state index contributed by atoms with van der Waals surface area (Å²) < 4.78 is 0. The van der Waals surface area contributed by atoms with Gasteiger partial charge in [0.05, 0.1) is 0 Å². The molecule has 0 spiro atoms. The van der Waals surface area contributed by atoms with Crippen LogP contribution in [0.3, 0.4) is 0 Å². The summed E-state index contributed by atoms with van der Waals surface area (Å²) in [7, 11) is 1.60. The maximum absolute atomic E-state index is 11.7. The first-order valence-corrected chi connectivity index (χ1v) is 8.32. The number of fused-ring (bicyclic) bond motifs is 1. The van der Waals surface area contributed by atoms with Crippen LogP contribution in [0.4, 0.5) is 0 Å². The Hall–Kier alpha value is -2.99. The van der Waals surface area contributed by atoms with E-state index in [1.54, 1.807) is 25.5 Å². The fraction of sp³-hybridized carbons (Fsp3) is 0.211. The molecule has 3 aromatic heterocycles. The summed E-state index contributed by atoms with van der Waals surface area (Å²) in [5.41, 5.74) is 5.72. The van der Waals surface area contributed by atoms with E-state index in [4.69, 9.17) is 0 Å². The highest BCUT2D eigenvalue weighted by atomic mass is 16.1. The first kappa shape index (κ1) is 15.5. The second-order valence-corrected chi connectivity index (χ2v) is 6.00. The van der Waals surface area contributed by atoms with Crippen molar-refractivity contribution >= 4 is 22.5 Å². The van der Waals surface area contributed by atoms with Gasteiger partial charge in [-0.3, -0.25) is 9.78 Å². The van der Waals surface area contributed by atoms with Gasteiger partial charge >= 0.3 is 0 Å². The van der Waals surface area contributed by atoms with Gasteiger partial charge in [0, 0.05) is 42.6 Å². The second kappa shape index (κ2) is 6.49. The fourth-order valence-electron chi connectivity index (χ4n) is 3.13. The van der Waals surface area contributed by atoms with Crippen LogP contribution < -0.4 is 10.6 Å². The number of nitrogens with one attached hydrogen (secondary N) is 3. The van der Waals surface area contributed by atoms with Crippen LogP contribution in [-0.2, 0) is 0 Å². The minimum atomic E-state index is -0.187. The third-order valence-corrected chi connectivity index (χ3v) is 4.48. The molecule has 3 aromatic rings. The number of carbonyl (C=O) groups is 1. The van der Waals surface area contributed by atoms with E-state index in [0.717, 1.165) is 47.4 Å². The molecule has 6 heteroatoms. The van der Waals surface area contributed by atoms with Crippen molar-refractivity contribution < 1.29 is 4.79 Å². The first-order chi connectivity index (χ1) is 12.3. The lowest BCUT2D eigenvalue weighted by molar-refractivity contribution is 0.0958. The highest BCUT2D eigenvalue weighted by Crippen LogP contribution is 2.30. The Bertz CT molecular complexity index is 956. The third kappa shape index (κ3) is 2.92. The maximum Gasteiger partial charge on any atom is 0.269 e. The quantitative estimate of drug-likeness (QED) is 0.687. The Labute approximate surface area is 145 Å². The average Bonchev–Trinajstić information content (AvgIpc) is 3.12. The van der Waals surface area contributed by atoms with E-state index in [1.807, 2.05) is 12.1 Å². The molecule has 1 aliphatic heterocycles. The predicted molar refractivity (Wildman–Crippen MR) is 98.2 cm³/mol. The molecular weight excluding hydrogens is 314 g/mol. The van der Waals surface area contributed by atoms with E-state index >= 15 is 0 Å². The summed E-state index contributed by atoms with van der Waals surface area (Å²) in [4.78, 5) is 23.8. The van der Waals surface area contributed by atoms with Crippen molar-refractivity contribution in [3.05, 3.63) is 54.1 Å². The lowest BCUT2D eigenvalue weighted by atomic mass is 10.0. The zero-order valence-corrected chi connectivity index (χ0v) is 14.0. The molecule has 0 atom stereocenters. The molecule has 0 unspecified atom stereocenters. The van der Waals surface area contributed by atoms with Crippen LogP contribution in [0, 0.1) is 0 Å². The zero-order valence-electron chi connectivity index (χ0n) is 14.0. The van der Waals surface area contributed by atoms with Gasteiger partial charge in [-0.2, -0.15) is 0 Å². The van der Waals surface area contributed by atoms with Crippen molar-refractivity contribution in [2.75, 3.05) is 20.1 Å². The van der Waals surface area contributed by atoms with Crippen LogP contribution >= 0.6 is 0 Å². The van der Waals surface area contributed by atoms with Gasteiger partial charge in [-0.25, -0.2) is 4.98 Å². The minimum absolute atomic E-state index is 0.187. The van der Waals surface area contributed by atoms with Crippen molar-refractivity contribution in [1.29, 1.82) is 0 Å². The molecule has 25 heavy (non-hydrogen) atoms. The molecule has 1 amide bonds. The van der Waals surface area contributed by atoms with Gasteiger partial charge in [0.25, 0.3) is 5.91 Å². The Balaban J connectivity index is 1.75. The predicted octanol–water partition coefficient (Wildman–Crippen LogP) is 2.36. The van der Waals surface area contributed by atoms with Crippen LogP contribution in [0.5, 0.6) is 0 Å². The van der Waals surface area contributed by atoms with Gasteiger partial charge in [0.15, 0.2) is 0 Å². The largest absolute Gasteiger partial charge is 0.354 e. The number of H-pyrrole nitrogens is 1. The van der Waals surface area contributed by atoms with Crippen molar-refractivity contribution in [3.8, 4) is 11.1 Å². The zero-order chi connectivity index (χ0) is 17.2. The molecule has 0 saturated heterocycles. The number of hydrogen-bond donors (Lipinski definition) is 3. The van der Waals surface area contributed by atoms with Crippen LogP contribution in [-0.4, -0.2) is 41.0 Å². The van der Waals surface area contributed by atoms with E-state index in [2.05, 4.69) is 37.7 Å². The summed E-state index contributed by atoms with van der Waals surface area (Å²) >= 11 is 0. The van der Waals surface area contributed by atoms with Gasteiger partial charge in [-0.05, 0) is 42.3 Å². The molecular formula is C19H19N5O. The van der Waals surface area contributed by atoms with E-state index in [1.165, 1.54) is 5.57 Å². The summed E-state index contributed by atoms with van der Waals surface area (Å²) in [6.07, 6.45) is 6.75. The Morgan fingerprint density at radius 2 is 2.16 bits per heavy atom. The lowest BCUT2D eigenvalue weighted by Gasteiger charge is -2.12. The number of rotatable bonds is 3. The average molecular weight is 333 g/mol. The molecule has 0 fully saturated rings. The van der Waals surface area contributed by atoms with Crippen molar-refractivity contribution in [2.24, 2.45) is 0 Å². The minimum Gasteiger partial charge on any atom is -0.354 e. The van der Waals surface area contributed by atoms with Crippen LogP contribution in [0.1, 0.15) is 22.6 Å². The SMILES string of the molecule is CNC(=O)c1ccc(-c2ccnc3[nH]c(C4=CCNCC4)cc23)cn1. The second-order valence-electron chi connectivity index (χ2n) is 6.00. The van der Waals surface area contributed by atoms with Gasteiger partial charge < -0.3 is 15.6 Å². The summed E-state index contributed by atoms with van der Waals surface area (Å²) in [5, 5.41) is 6.97. The fourth-order valence-corrected chi connectivity index (χ4v) is 3.13. The van der Waals surface area contributed by atoms with Gasteiger partial charge in [-0.1, -0.05) is 12.1 Å². The van der Waals surface area contributed by atoms with Crippen molar-refractivity contribution in [1.82, 2.24) is 25.6 Å². The van der Waals surface area contributed by atoms with E-state index in [-0.39, 0.29) is 5.91 Å². The Kier molecular flexibility index (Phi) is 4.03. The van der Waals surface area contributed by atoms with Crippen LogP contribution in [0.15, 0.2) is 42.7 Å². The van der Waals surface area contributed by atoms with Gasteiger partial charge in [-0.15, -0.1) is 0 Å². The lowest BCUT2D eigenvalue weighted by Crippen LogP contribution is -2.20. The van der Waals surface area contributed by atoms with Gasteiger partial charge in [0.2, 0.25) is 0 Å². The molecule has 4 rings (SSSR count). The van der Waals surface area contributed by atoms with Crippen molar-refractivity contribution in [2.45, 2.75) is 6.42 Å².